The summed E-state index contributed by atoms with van der Waals surface area (Å²) in [6.45, 7) is 0. The molecule has 0 fully saturated rings. The van der Waals surface area contributed by atoms with E-state index in [4.69, 9.17) is 14.2 Å². The number of nitrogens with zero attached hydrogens (tertiary/aromatic N) is 1. The molecule has 4 aromatic rings. The highest BCUT2D eigenvalue weighted by Crippen LogP contribution is 2.38. The second-order valence-corrected chi connectivity index (χ2v) is 7.89. The predicted octanol–water partition coefficient (Wildman–Crippen LogP) is 6.18. The zero-order valence-corrected chi connectivity index (χ0v) is 20.2. The number of allylic oxidation sites excluding steroid dienone is 1. The Morgan fingerprint density at radius 1 is 0.886 bits per heavy atom. The molecule has 0 atom stereocenters. The first kappa shape index (κ1) is 23.7. The Bertz CT molecular complexity index is 1390. The molecule has 4 rings (SSSR count). The van der Waals surface area contributed by atoms with Crippen LogP contribution in [0.3, 0.4) is 0 Å². The van der Waals surface area contributed by atoms with Crippen LogP contribution in [-0.4, -0.2) is 31.7 Å². The van der Waals surface area contributed by atoms with Crippen molar-refractivity contribution in [1.29, 1.82) is 0 Å². The Hall–Kier alpha value is -4.45. The highest BCUT2D eigenvalue weighted by atomic mass is 16.5. The number of hydrogen-bond donors (Lipinski definition) is 1. The minimum Gasteiger partial charge on any atom is -0.493 e. The van der Waals surface area contributed by atoms with Gasteiger partial charge in [0.05, 0.1) is 21.3 Å². The van der Waals surface area contributed by atoms with E-state index in [9.17, 15) is 4.79 Å². The molecule has 0 bridgehead atoms. The minimum absolute atomic E-state index is 0.0558. The lowest BCUT2D eigenvalue weighted by atomic mass is 10.1. The van der Waals surface area contributed by atoms with Crippen LogP contribution in [0.2, 0.25) is 0 Å². The summed E-state index contributed by atoms with van der Waals surface area (Å²) in [6, 6.07) is 19.5. The number of methoxy groups -OCH3 is 3. The molecular weight excluding hydrogens is 440 g/mol. The van der Waals surface area contributed by atoms with Crippen LogP contribution in [0.4, 0.5) is 5.69 Å². The van der Waals surface area contributed by atoms with Gasteiger partial charge in [-0.25, -0.2) is 0 Å². The molecule has 0 radical (unpaired) electrons. The van der Waals surface area contributed by atoms with Crippen molar-refractivity contribution in [3.8, 4) is 17.2 Å². The van der Waals surface area contributed by atoms with Crippen LogP contribution in [0.1, 0.15) is 21.5 Å². The van der Waals surface area contributed by atoms with Gasteiger partial charge in [-0.2, -0.15) is 0 Å². The van der Waals surface area contributed by atoms with E-state index in [0.717, 1.165) is 27.7 Å². The summed E-state index contributed by atoms with van der Waals surface area (Å²) in [7, 11) is 6.71. The van der Waals surface area contributed by atoms with Crippen LogP contribution in [0.15, 0.2) is 79.1 Å². The molecule has 1 heterocycles. The summed E-state index contributed by atoms with van der Waals surface area (Å²) in [6.07, 6.45) is 9.06. The third kappa shape index (κ3) is 5.06. The van der Waals surface area contributed by atoms with E-state index in [-0.39, 0.29) is 5.78 Å². The predicted molar refractivity (Wildman–Crippen MR) is 141 cm³/mol. The normalized spacial score (nSPS) is 11.3. The molecule has 0 aliphatic rings. The van der Waals surface area contributed by atoms with Gasteiger partial charge < -0.3 is 24.1 Å². The minimum atomic E-state index is -0.0558. The zero-order chi connectivity index (χ0) is 24.8. The monoisotopic (exact) mass is 468 g/mol. The second kappa shape index (κ2) is 10.7. The van der Waals surface area contributed by atoms with Crippen LogP contribution in [0.5, 0.6) is 17.2 Å². The Morgan fingerprint density at radius 3 is 2.29 bits per heavy atom. The largest absolute Gasteiger partial charge is 0.493 e. The van der Waals surface area contributed by atoms with Crippen LogP contribution in [-0.2, 0) is 7.05 Å². The summed E-state index contributed by atoms with van der Waals surface area (Å²) in [5, 5.41) is 4.18. The highest BCUT2D eigenvalue weighted by molar-refractivity contribution is 6.13. The third-order valence-corrected chi connectivity index (χ3v) is 5.74. The van der Waals surface area contributed by atoms with Crippen LogP contribution in [0, 0.1) is 0 Å². The van der Waals surface area contributed by atoms with Gasteiger partial charge in [0.25, 0.3) is 0 Å². The van der Waals surface area contributed by atoms with Crippen molar-refractivity contribution in [3.05, 3.63) is 95.8 Å². The van der Waals surface area contributed by atoms with Crippen molar-refractivity contribution in [2.75, 3.05) is 26.6 Å². The van der Waals surface area contributed by atoms with Crippen molar-refractivity contribution in [2.45, 2.75) is 0 Å². The van der Waals surface area contributed by atoms with Crippen LogP contribution >= 0.6 is 0 Å². The first-order chi connectivity index (χ1) is 17.0. The van der Waals surface area contributed by atoms with Gasteiger partial charge in [-0.15, -0.1) is 0 Å². The highest BCUT2D eigenvalue weighted by Gasteiger charge is 2.13. The molecule has 6 nitrogen and oxygen atoms in total. The van der Waals surface area contributed by atoms with E-state index in [1.54, 1.807) is 33.6 Å². The lowest BCUT2D eigenvalue weighted by molar-refractivity contribution is 0.104. The number of benzene rings is 3. The second-order valence-electron chi connectivity index (χ2n) is 7.89. The fraction of sp³-hybridized carbons (Fsp3) is 0.138. The molecule has 0 saturated carbocycles. The van der Waals surface area contributed by atoms with Gasteiger partial charge in [-0.1, -0.05) is 48.6 Å². The maximum Gasteiger partial charge on any atom is 0.203 e. The van der Waals surface area contributed by atoms with Crippen molar-refractivity contribution in [1.82, 2.24) is 4.57 Å². The molecule has 3 aromatic carbocycles. The Morgan fingerprint density at radius 2 is 1.57 bits per heavy atom. The summed E-state index contributed by atoms with van der Waals surface area (Å²) in [5.41, 5.74) is 4.44. The molecular formula is C29H28N2O4. The van der Waals surface area contributed by atoms with Gasteiger partial charge in [0.1, 0.15) is 0 Å². The first-order valence-corrected chi connectivity index (χ1v) is 11.1. The number of ketones is 1. The van der Waals surface area contributed by atoms with E-state index in [2.05, 4.69) is 5.32 Å². The molecule has 178 valence electrons. The summed E-state index contributed by atoms with van der Waals surface area (Å²) >= 11 is 0. The molecule has 1 N–H and O–H groups in total. The number of anilines is 1. The molecule has 0 aliphatic heterocycles. The molecule has 0 unspecified atom stereocenters. The van der Waals surface area contributed by atoms with Gasteiger partial charge in [0.2, 0.25) is 5.75 Å². The molecule has 0 saturated heterocycles. The molecule has 6 heteroatoms. The number of aryl methyl sites for hydroxylation is 1. The van der Waals surface area contributed by atoms with Gasteiger partial charge in [-0.3, -0.25) is 4.79 Å². The summed E-state index contributed by atoms with van der Waals surface area (Å²) < 4.78 is 18.2. The maximum absolute atomic E-state index is 12.8. The smallest absolute Gasteiger partial charge is 0.203 e. The number of nitrogens with one attached hydrogen (secondary N) is 1. The SMILES string of the molecule is COc1cc(C=Cc2ccccc2NC=CC(=O)c2cn(C)c3ccccc23)cc(OC)c1OC. The molecule has 0 spiro atoms. The molecule has 0 aliphatic carbocycles. The van der Waals surface area contributed by atoms with Gasteiger partial charge in [-0.05, 0) is 35.4 Å². The number of para-hydroxylation sites is 2. The van der Waals surface area contributed by atoms with E-state index in [1.165, 1.54) is 0 Å². The number of hydrogen-bond acceptors (Lipinski definition) is 5. The molecule has 0 amide bonds. The lowest BCUT2D eigenvalue weighted by Gasteiger charge is -2.13. The molecule has 35 heavy (non-hydrogen) atoms. The maximum atomic E-state index is 12.8. The Labute approximate surface area is 205 Å². The fourth-order valence-corrected chi connectivity index (χ4v) is 3.99. The number of aromatic nitrogens is 1. The molecule has 1 aromatic heterocycles. The number of ether oxygens (including phenoxy) is 3. The van der Waals surface area contributed by atoms with E-state index < -0.39 is 0 Å². The number of carbonyl (C=O) groups excluding carboxylic acids is 1. The Kier molecular flexibility index (Phi) is 7.21. The zero-order valence-electron chi connectivity index (χ0n) is 20.2. The quantitative estimate of drug-likeness (QED) is 0.180. The van der Waals surface area contributed by atoms with Gasteiger partial charge in [0, 0.05) is 47.7 Å². The fourth-order valence-electron chi connectivity index (χ4n) is 3.99. The van der Waals surface area contributed by atoms with Crippen molar-refractivity contribution in [3.63, 3.8) is 0 Å². The summed E-state index contributed by atoms with van der Waals surface area (Å²) in [5.74, 6) is 1.68. The number of fused-ring (bicyclic) bond motifs is 1. The van der Waals surface area contributed by atoms with Gasteiger partial charge >= 0.3 is 0 Å². The van der Waals surface area contributed by atoms with E-state index in [0.29, 0.717) is 22.8 Å². The van der Waals surface area contributed by atoms with Crippen LogP contribution in [0.25, 0.3) is 23.1 Å². The first-order valence-electron chi connectivity index (χ1n) is 11.1. The van der Waals surface area contributed by atoms with Gasteiger partial charge in [0.15, 0.2) is 17.3 Å². The number of carbonyl (C=O) groups is 1. The van der Waals surface area contributed by atoms with Crippen LogP contribution < -0.4 is 19.5 Å². The number of rotatable bonds is 9. The standard InChI is InChI=1S/C29H28N2O4/c1-31-19-23(22-10-6-8-12-25(22)31)26(32)15-16-30-24-11-7-5-9-21(24)14-13-20-17-27(33-2)29(35-4)28(18-20)34-3/h5-19,30H,1-4H3. The average molecular weight is 469 g/mol. The summed E-state index contributed by atoms with van der Waals surface area (Å²) in [4.78, 5) is 12.8. The van der Waals surface area contributed by atoms with E-state index >= 15 is 0 Å². The van der Waals surface area contributed by atoms with Crippen molar-refractivity contribution < 1.29 is 19.0 Å². The van der Waals surface area contributed by atoms with Crippen molar-refractivity contribution >= 4 is 34.5 Å². The third-order valence-electron chi connectivity index (χ3n) is 5.74. The lowest BCUT2D eigenvalue weighted by Crippen LogP contribution is -1.96. The average Bonchev–Trinajstić information content (AvgIpc) is 3.23. The Balaban J connectivity index is 1.53. The van der Waals surface area contributed by atoms with E-state index in [1.807, 2.05) is 90.6 Å². The van der Waals surface area contributed by atoms with Crippen molar-refractivity contribution in [2.24, 2.45) is 7.05 Å². The topological polar surface area (TPSA) is 61.7 Å².